The number of rotatable bonds is 11. The Labute approximate surface area is 363 Å². The number of carboxylic acid groups (broad SMARTS) is 1. The molecular weight excluding hydrogens is 974 g/mol. The van der Waals surface area contributed by atoms with E-state index in [1.54, 1.807) is 37.1 Å². The zero-order chi connectivity index (χ0) is 41.8. The van der Waals surface area contributed by atoms with Crippen molar-refractivity contribution < 1.29 is 53.5 Å². The number of halogens is 2. The molecule has 0 radical (unpaired) electrons. The van der Waals surface area contributed by atoms with Gasteiger partial charge in [0.2, 0.25) is 0 Å². The summed E-state index contributed by atoms with van der Waals surface area (Å²) >= 11 is 4.41. The molecule has 5 atom stereocenters. The Morgan fingerprint density at radius 3 is 2.05 bits per heavy atom. The molecular formula is C43H44I2N2O11. The number of benzene rings is 4. The predicted molar refractivity (Wildman–Crippen MR) is 232 cm³/mol. The molecule has 0 unspecified atom stereocenters. The molecule has 1 aliphatic carbocycles. The number of carbonyl (C=O) groups is 3. The second-order valence-electron chi connectivity index (χ2n) is 13.6. The predicted octanol–water partition coefficient (Wildman–Crippen LogP) is 6.68. The average Bonchev–Trinajstić information content (AvgIpc) is 3.86. The van der Waals surface area contributed by atoms with E-state index in [1.807, 2.05) is 60.7 Å². The van der Waals surface area contributed by atoms with Crippen molar-refractivity contribution in [1.29, 1.82) is 0 Å². The molecule has 3 aliphatic rings. The summed E-state index contributed by atoms with van der Waals surface area (Å²) < 4.78 is 18.2. The van der Waals surface area contributed by atoms with Crippen LogP contribution in [0.25, 0.3) is 11.1 Å². The van der Waals surface area contributed by atoms with Gasteiger partial charge in [-0.1, -0.05) is 78.9 Å². The Morgan fingerprint density at radius 1 is 0.931 bits per heavy atom. The minimum atomic E-state index is -1.23. The molecule has 0 bridgehead atoms. The SMILES string of the molecule is C[C@H](/C=C\CO)OC(=O)OCC1c2ccccc2-c2ccccc21.C[C@H](O)[C@@H]1ON(Cc2ccc(I)cc2)[C@@H]2C(=O)OC[C@H]12.O=C(O)/C=[N+](\[O-])Cc1ccc(I)cc1. The van der Waals surface area contributed by atoms with Crippen molar-refractivity contribution in [2.24, 2.45) is 5.92 Å². The summed E-state index contributed by atoms with van der Waals surface area (Å²) in [4.78, 5) is 39.6. The van der Waals surface area contributed by atoms with Crippen LogP contribution in [0, 0.1) is 18.3 Å². The van der Waals surface area contributed by atoms with Crippen LogP contribution in [0.4, 0.5) is 4.79 Å². The van der Waals surface area contributed by atoms with Gasteiger partial charge in [0.25, 0.3) is 6.21 Å². The maximum atomic E-state index is 11.9. The van der Waals surface area contributed by atoms with E-state index in [0.717, 1.165) is 18.3 Å². The topological polar surface area (TPSA) is 178 Å². The van der Waals surface area contributed by atoms with Crippen molar-refractivity contribution in [3.8, 4) is 11.1 Å². The quantitative estimate of drug-likeness (QED) is 0.0277. The average molecular weight is 1020 g/mol. The lowest BCUT2D eigenvalue weighted by atomic mass is 9.95. The molecule has 2 aliphatic heterocycles. The number of hydroxylamine groups is 3. The monoisotopic (exact) mass is 1020 g/mol. The molecule has 0 spiro atoms. The number of fused-ring (bicyclic) bond motifs is 4. The summed E-state index contributed by atoms with van der Waals surface area (Å²) in [5.74, 6) is -1.56. The summed E-state index contributed by atoms with van der Waals surface area (Å²) in [5, 5.41) is 39.5. The normalized spacial score (nSPS) is 19.4. The third-order valence-electron chi connectivity index (χ3n) is 9.41. The van der Waals surface area contributed by atoms with Crippen LogP contribution in [0.5, 0.6) is 0 Å². The van der Waals surface area contributed by atoms with Gasteiger partial charge in [-0.05, 0) is 117 Å². The smallest absolute Gasteiger partial charge is 0.508 e. The van der Waals surface area contributed by atoms with Crippen LogP contribution in [-0.2, 0) is 41.7 Å². The van der Waals surface area contributed by atoms with Gasteiger partial charge in [-0.3, -0.25) is 9.63 Å². The summed E-state index contributed by atoms with van der Waals surface area (Å²) in [6.07, 6.45) is 1.61. The highest BCUT2D eigenvalue weighted by atomic mass is 127. The standard InChI is InChI=1S/C20H20O4.C14H16INO4.C9H8INO3/c1-14(7-6-12-21)24-20(22)23-13-19-17-10-4-2-8-15(17)16-9-3-5-11-18(16)19;1-8(17)13-11-7-19-14(18)12(11)16(20-13)6-9-2-4-10(15)5-3-9;10-8-3-1-7(2-4-8)5-11(14)6-9(12)13/h2-11,14,19,21H,12-13H2,1H3;2-5,8,11-13,17H,6-7H2,1H3;1-4,6H,5H2,(H,12,13)/b7-6-;;11-6-/t14-;8-,11-,12-,13-;/m10./s1. The van der Waals surface area contributed by atoms with Gasteiger partial charge >= 0.3 is 18.1 Å². The lowest BCUT2D eigenvalue weighted by Gasteiger charge is -2.21. The van der Waals surface area contributed by atoms with Gasteiger partial charge in [0.1, 0.15) is 24.9 Å². The molecule has 4 aromatic rings. The second-order valence-corrected chi connectivity index (χ2v) is 16.1. The Bertz CT molecular complexity index is 2030. The molecule has 13 nitrogen and oxygen atoms in total. The number of carbonyl (C=O) groups excluding carboxylic acids is 2. The molecule has 3 N–H and O–H groups in total. The fourth-order valence-electron chi connectivity index (χ4n) is 6.79. The van der Waals surface area contributed by atoms with E-state index in [4.69, 9.17) is 29.3 Å². The highest BCUT2D eigenvalue weighted by Gasteiger charge is 2.54. The first-order valence-corrected chi connectivity index (χ1v) is 20.6. The summed E-state index contributed by atoms with van der Waals surface area (Å²) in [6, 6.07) is 31.3. The highest BCUT2D eigenvalue weighted by Crippen LogP contribution is 2.44. The molecule has 2 fully saturated rings. The minimum Gasteiger partial charge on any atom is -0.623 e. The minimum absolute atomic E-state index is 0.0215. The van der Waals surface area contributed by atoms with E-state index in [2.05, 4.69) is 69.4 Å². The molecule has 0 amide bonds. The molecule has 0 aromatic heterocycles. The van der Waals surface area contributed by atoms with Crippen molar-refractivity contribution in [3.05, 3.63) is 144 Å². The fourth-order valence-corrected chi connectivity index (χ4v) is 7.51. The third-order valence-corrected chi connectivity index (χ3v) is 10.9. The maximum Gasteiger partial charge on any atom is 0.508 e. The van der Waals surface area contributed by atoms with Crippen molar-refractivity contribution in [2.75, 3.05) is 19.8 Å². The first kappa shape index (κ1) is 44.7. The Morgan fingerprint density at radius 2 is 1.50 bits per heavy atom. The van der Waals surface area contributed by atoms with Gasteiger partial charge in [-0.25, -0.2) is 14.3 Å². The number of nitrogens with zero attached hydrogens (tertiary/aromatic N) is 2. The second kappa shape index (κ2) is 21.6. The number of hydrogen-bond acceptors (Lipinski definition) is 11. The zero-order valence-electron chi connectivity index (χ0n) is 31.7. The van der Waals surface area contributed by atoms with Gasteiger partial charge < -0.3 is 34.7 Å². The van der Waals surface area contributed by atoms with Crippen molar-refractivity contribution in [3.63, 3.8) is 0 Å². The van der Waals surface area contributed by atoms with E-state index in [1.165, 1.54) is 28.3 Å². The summed E-state index contributed by atoms with van der Waals surface area (Å²) in [6.45, 7) is 4.44. The molecule has 4 aromatic carbocycles. The molecule has 15 heteroatoms. The lowest BCUT2D eigenvalue weighted by Crippen LogP contribution is -2.35. The van der Waals surface area contributed by atoms with Crippen LogP contribution in [0.3, 0.4) is 0 Å². The van der Waals surface area contributed by atoms with E-state index in [9.17, 15) is 24.7 Å². The third kappa shape index (κ3) is 12.3. The first-order valence-electron chi connectivity index (χ1n) is 18.4. The number of cyclic esters (lactones) is 1. The zero-order valence-corrected chi connectivity index (χ0v) is 36.0. The van der Waals surface area contributed by atoms with E-state index >= 15 is 0 Å². The molecule has 58 heavy (non-hydrogen) atoms. The Hall–Kier alpha value is -4.40. The number of aliphatic carboxylic acids is 1. The largest absolute Gasteiger partial charge is 0.623 e. The van der Waals surface area contributed by atoms with Gasteiger partial charge in [-0.15, -0.1) is 0 Å². The maximum absolute atomic E-state index is 11.9. The number of aliphatic hydroxyl groups is 2. The molecule has 306 valence electrons. The first-order chi connectivity index (χ1) is 27.8. The summed E-state index contributed by atoms with van der Waals surface area (Å²) in [5.41, 5.74) is 6.57. The van der Waals surface area contributed by atoms with E-state index in [0.29, 0.717) is 24.1 Å². The number of esters is 1. The fraction of sp³-hybridized carbons (Fsp3) is 0.302. The van der Waals surface area contributed by atoms with Crippen LogP contribution < -0.4 is 0 Å². The van der Waals surface area contributed by atoms with Gasteiger partial charge in [0.15, 0.2) is 6.54 Å². The number of hydrogen-bond donors (Lipinski definition) is 3. The number of carboxylic acids is 1. The Kier molecular flexibility index (Phi) is 16.6. The lowest BCUT2D eigenvalue weighted by molar-refractivity contribution is -0.469. The van der Waals surface area contributed by atoms with Crippen LogP contribution in [0.2, 0.25) is 0 Å². The van der Waals surface area contributed by atoms with Crippen LogP contribution >= 0.6 is 45.2 Å². The van der Waals surface area contributed by atoms with Gasteiger partial charge in [0.05, 0.1) is 31.8 Å². The van der Waals surface area contributed by atoms with Crippen molar-refractivity contribution >= 4 is 69.5 Å². The number of aliphatic hydroxyl groups excluding tert-OH is 2. The van der Waals surface area contributed by atoms with Gasteiger partial charge in [-0.2, -0.15) is 5.06 Å². The molecule has 7 rings (SSSR count). The molecule has 2 saturated heterocycles. The molecule has 2 heterocycles. The van der Waals surface area contributed by atoms with Crippen LogP contribution in [0.1, 0.15) is 42.0 Å². The van der Waals surface area contributed by atoms with E-state index in [-0.39, 0.29) is 43.7 Å². The highest BCUT2D eigenvalue weighted by molar-refractivity contribution is 14.1. The van der Waals surface area contributed by atoms with Crippen LogP contribution in [-0.4, -0.2) is 93.6 Å². The van der Waals surface area contributed by atoms with Crippen molar-refractivity contribution in [1.82, 2.24) is 5.06 Å². The van der Waals surface area contributed by atoms with Gasteiger partial charge in [0, 0.05) is 18.6 Å². The van der Waals surface area contributed by atoms with Crippen LogP contribution in [0.15, 0.2) is 109 Å². The molecule has 0 saturated carbocycles. The Balaban J connectivity index is 0.000000172. The van der Waals surface area contributed by atoms with Crippen molar-refractivity contribution in [2.45, 2.75) is 57.2 Å². The number of ether oxygens (including phenoxy) is 3. The summed E-state index contributed by atoms with van der Waals surface area (Å²) in [7, 11) is 0. The van der Waals surface area contributed by atoms with E-state index < -0.39 is 30.4 Å².